The molecule has 0 N–H and O–H groups in total. The van der Waals surface area contributed by atoms with E-state index in [0.29, 0.717) is 0 Å². The van der Waals surface area contributed by atoms with E-state index in [-0.39, 0.29) is 11.6 Å². The zero-order chi connectivity index (χ0) is 13.8. The minimum atomic E-state index is -0.247. The molecule has 0 spiro atoms. The van der Waals surface area contributed by atoms with Crippen LogP contribution in [0.1, 0.15) is 24.8 Å². The van der Waals surface area contributed by atoms with Crippen molar-refractivity contribution >= 4 is 11.4 Å². The third-order valence-corrected chi connectivity index (χ3v) is 3.23. The predicted octanol–water partition coefficient (Wildman–Crippen LogP) is 3.41. The molecule has 0 amide bonds. The maximum absolute atomic E-state index is 12.9. The van der Waals surface area contributed by atoms with Gasteiger partial charge in [-0.05, 0) is 42.5 Å². The van der Waals surface area contributed by atoms with Crippen LogP contribution in [-0.4, -0.2) is 24.8 Å². The number of nitrogens with zero attached hydrogens (tertiary/aromatic N) is 1. The summed E-state index contributed by atoms with van der Waals surface area (Å²) in [6, 6.07) is 6.38. The van der Waals surface area contributed by atoms with E-state index in [9.17, 15) is 9.18 Å². The van der Waals surface area contributed by atoms with Crippen molar-refractivity contribution in [2.24, 2.45) is 0 Å². The van der Waals surface area contributed by atoms with Crippen LogP contribution >= 0.6 is 0 Å². The number of hydrogen-bond acceptors (Lipinski definition) is 2. The normalized spacial score (nSPS) is 15.3. The SMILES string of the molecule is CN(C)C=CC(=O)C1=C(c2ccc(F)cc2)CCC1. The molecule has 2 nitrogen and oxygen atoms in total. The van der Waals surface area contributed by atoms with Gasteiger partial charge in [-0.2, -0.15) is 0 Å². The topological polar surface area (TPSA) is 20.3 Å². The second kappa shape index (κ2) is 5.83. The summed E-state index contributed by atoms with van der Waals surface area (Å²) >= 11 is 0. The summed E-state index contributed by atoms with van der Waals surface area (Å²) in [5.41, 5.74) is 2.89. The Bertz CT molecular complexity index is 526. The van der Waals surface area contributed by atoms with Crippen LogP contribution in [0.3, 0.4) is 0 Å². The molecule has 0 fully saturated rings. The summed E-state index contributed by atoms with van der Waals surface area (Å²) in [5, 5.41) is 0. The standard InChI is InChI=1S/C16H18FNO/c1-18(2)11-10-16(19)15-5-3-4-14(15)12-6-8-13(17)9-7-12/h6-11H,3-5H2,1-2H3. The van der Waals surface area contributed by atoms with Crippen molar-refractivity contribution in [3.63, 3.8) is 0 Å². The van der Waals surface area contributed by atoms with Crippen molar-refractivity contribution in [3.8, 4) is 0 Å². The molecule has 19 heavy (non-hydrogen) atoms. The lowest BCUT2D eigenvalue weighted by Crippen LogP contribution is -2.04. The van der Waals surface area contributed by atoms with Crippen LogP contribution in [0.25, 0.3) is 5.57 Å². The van der Waals surface area contributed by atoms with E-state index in [2.05, 4.69) is 0 Å². The molecule has 0 radical (unpaired) electrons. The molecule has 1 aliphatic carbocycles. The van der Waals surface area contributed by atoms with Crippen molar-refractivity contribution in [2.75, 3.05) is 14.1 Å². The van der Waals surface area contributed by atoms with E-state index in [0.717, 1.165) is 36.0 Å². The van der Waals surface area contributed by atoms with E-state index in [1.165, 1.54) is 12.1 Å². The lowest BCUT2D eigenvalue weighted by atomic mass is 9.99. The van der Waals surface area contributed by atoms with Crippen LogP contribution < -0.4 is 0 Å². The average molecular weight is 259 g/mol. The van der Waals surface area contributed by atoms with Gasteiger partial charge >= 0.3 is 0 Å². The van der Waals surface area contributed by atoms with Gasteiger partial charge in [0.1, 0.15) is 5.82 Å². The largest absolute Gasteiger partial charge is 0.383 e. The highest BCUT2D eigenvalue weighted by Gasteiger charge is 2.20. The van der Waals surface area contributed by atoms with Gasteiger partial charge in [-0.1, -0.05) is 12.1 Å². The Balaban J connectivity index is 2.28. The van der Waals surface area contributed by atoms with Gasteiger partial charge in [-0.25, -0.2) is 4.39 Å². The van der Waals surface area contributed by atoms with Gasteiger partial charge in [0.05, 0.1) is 0 Å². The molecule has 1 aromatic rings. The van der Waals surface area contributed by atoms with Crippen LogP contribution in [-0.2, 0) is 4.79 Å². The molecule has 1 aliphatic rings. The highest BCUT2D eigenvalue weighted by molar-refractivity contribution is 6.09. The molecule has 0 bridgehead atoms. The van der Waals surface area contributed by atoms with Crippen LogP contribution in [0.2, 0.25) is 0 Å². The fraction of sp³-hybridized carbons (Fsp3) is 0.312. The lowest BCUT2D eigenvalue weighted by molar-refractivity contribution is -0.111. The second-order valence-corrected chi connectivity index (χ2v) is 4.96. The number of halogens is 1. The number of benzene rings is 1. The van der Waals surface area contributed by atoms with Crippen molar-refractivity contribution < 1.29 is 9.18 Å². The molecule has 0 heterocycles. The van der Waals surface area contributed by atoms with E-state index in [4.69, 9.17) is 0 Å². The summed E-state index contributed by atoms with van der Waals surface area (Å²) in [5.74, 6) is -0.187. The number of hydrogen-bond donors (Lipinski definition) is 0. The summed E-state index contributed by atoms with van der Waals surface area (Å²) < 4.78 is 12.9. The molecular formula is C16H18FNO. The van der Waals surface area contributed by atoms with E-state index in [1.807, 2.05) is 19.0 Å². The number of carbonyl (C=O) groups excluding carboxylic acids is 1. The van der Waals surface area contributed by atoms with Gasteiger partial charge in [0.15, 0.2) is 5.78 Å². The van der Waals surface area contributed by atoms with Crippen LogP contribution in [0.5, 0.6) is 0 Å². The van der Waals surface area contributed by atoms with Crippen molar-refractivity contribution in [1.82, 2.24) is 4.90 Å². The minimum absolute atomic E-state index is 0.0607. The van der Waals surface area contributed by atoms with E-state index < -0.39 is 0 Å². The molecule has 0 saturated carbocycles. The Kier molecular flexibility index (Phi) is 4.15. The van der Waals surface area contributed by atoms with Crippen molar-refractivity contribution in [1.29, 1.82) is 0 Å². The summed E-state index contributed by atoms with van der Waals surface area (Å²) in [7, 11) is 3.77. The summed E-state index contributed by atoms with van der Waals surface area (Å²) in [4.78, 5) is 14.0. The highest BCUT2D eigenvalue weighted by Crippen LogP contribution is 2.34. The molecule has 1 aromatic carbocycles. The second-order valence-electron chi connectivity index (χ2n) is 4.96. The number of allylic oxidation sites excluding steroid dienone is 3. The first-order chi connectivity index (χ1) is 9.08. The fourth-order valence-corrected chi connectivity index (χ4v) is 2.30. The van der Waals surface area contributed by atoms with Crippen molar-refractivity contribution in [3.05, 3.63) is 53.5 Å². The van der Waals surface area contributed by atoms with Gasteiger partial charge in [0.25, 0.3) is 0 Å². The predicted molar refractivity (Wildman–Crippen MR) is 75.0 cm³/mol. The van der Waals surface area contributed by atoms with Gasteiger partial charge in [-0.3, -0.25) is 4.79 Å². The number of carbonyl (C=O) groups is 1. The third kappa shape index (κ3) is 3.31. The van der Waals surface area contributed by atoms with Gasteiger partial charge in [0.2, 0.25) is 0 Å². The molecule has 0 aliphatic heterocycles. The van der Waals surface area contributed by atoms with E-state index in [1.54, 1.807) is 24.4 Å². The van der Waals surface area contributed by atoms with Crippen LogP contribution in [0, 0.1) is 5.82 Å². The first-order valence-corrected chi connectivity index (χ1v) is 6.45. The Morgan fingerprint density at radius 2 is 1.89 bits per heavy atom. The van der Waals surface area contributed by atoms with Gasteiger partial charge in [-0.15, -0.1) is 0 Å². The molecule has 0 aromatic heterocycles. The zero-order valence-corrected chi connectivity index (χ0v) is 11.3. The van der Waals surface area contributed by atoms with Crippen molar-refractivity contribution in [2.45, 2.75) is 19.3 Å². The maximum atomic E-state index is 12.9. The minimum Gasteiger partial charge on any atom is -0.383 e. The molecule has 0 saturated heterocycles. The van der Waals surface area contributed by atoms with Crippen LogP contribution in [0.15, 0.2) is 42.1 Å². The highest BCUT2D eigenvalue weighted by atomic mass is 19.1. The molecule has 3 heteroatoms. The zero-order valence-electron chi connectivity index (χ0n) is 11.3. The average Bonchev–Trinajstić information content (AvgIpc) is 2.86. The first kappa shape index (κ1) is 13.5. The van der Waals surface area contributed by atoms with Crippen LogP contribution in [0.4, 0.5) is 4.39 Å². The third-order valence-electron chi connectivity index (χ3n) is 3.23. The number of rotatable bonds is 4. The summed E-state index contributed by atoms with van der Waals surface area (Å²) in [6.07, 6.45) is 6.05. The molecular weight excluding hydrogens is 241 g/mol. The summed E-state index contributed by atoms with van der Waals surface area (Å²) in [6.45, 7) is 0. The smallest absolute Gasteiger partial charge is 0.183 e. The van der Waals surface area contributed by atoms with Gasteiger partial charge < -0.3 is 4.90 Å². The molecule has 2 rings (SSSR count). The van der Waals surface area contributed by atoms with E-state index >= 15 is 0 Å². The lowest BCUT2D eigenvalue weighted by Gasteiger charge is -2.06. The Morgan fingerprint density at radius 3 is 2.53 bits per heavy atom. The Morgan fingerprint density at radius 1 is 1.21 bits per heavy atom. The monoisotopic (exact) mass is 259 g/mol. The first-order valence-electron chi connectivity index (χ1n) is 6.45. The molecule has 0 unspecified atom stereocenters. The molecule has 100 valence electrons. The van der Waals surface area contributed by atoms with Gasteiger partial charge in [0, 0.05) is 31.9 Å². The quantitative estimate of drug-likeness (QED) is 0.772. The number of ketones is 1. The Labute approximate surface area is 113 Å². The molecule has 0 atom stereocenters. The maximum Gasteiger partial charge on any atom is 0.183 e. The fourth-order valence-electron chi connectivity index (χ4n) is 2.30. The Hall–Kier alpha value is -1.90.